The minimum absolute atomic E-state index is 0.155. The van der Waals surface area contributed by atoms with Crippen LogP contribution in [0.4, 0.5) is 20.2 Å². The fraction of sp³-hybridized carbons (Fsp3) is 0.133. The number of halogens is 2. The Morgan fingerprint density at radius 3 is 2.86 bits per heavy atom. The van der Waals surface area contributed by atoms with E-state index in [9.17, 15) is 8.78 Å². The summed E-state index contributed by atoms with van der Waals surface area (Å²) < 4.78 is 27.7. The molecule has 0 bridgehead atoms. The van der Waals surface area contributed by atoms with E-state index >= 15 is 0 Å². The molecule has 2 aromatic carbocycles. The number of nitrogens with one attached hydrogen (secondary N) is 1. The van der Waals surface area contributed by atoms with Crippen LogP contribution in [0.15, 0.2) is 30.3 Å². The Kier molecular flexibility index (Phi) is 3.47. The van der Waals surface area contributed by atoms with Crippen LogP contribution in [0.2, 0.25) is 0 Å². The molecule has 3 nitrogen and oxygen atoms in total. The van der Waals surface area contributed by atoms with Crippen molar-refractivity contribution in [3.8, 4) is 0 Å². The number of benzene rings is 2. The molecule has 0 saturated heterocycles. The van der Waals surface area contributed by atoms with Gasteiger partial charge in [-0.3, -0.25) is 0 Å². The number of aromatic nitrogens is 1. The van der Waals surface area contributed by atoms with E-state index in [0.717, 1.165) is 27.4 Å². The Morgan fingerprint density at radius 2 is 2.05 bits per heavy atom. The summed E-state index contributed by atoms with van der Waals surface area (Å²) in [6.07, 6.45) is 0. The quantitative estimate of drug-likeness (QED) is 0.717. The van der Waals surface area contributed by atoms with E-state index in [-0.39, 0.29) is 12.1 Å². The topological polar surface area (TPSA) is 50.9 Å². The van der Waals surface area contributed by atoms with Gasteiger partial charge in [0.1, 0.15) is 11.6 Å². The Bertz CT molecular complexity index is 814. The largest absolute Gasteiger partial charge is 0.397 e. The molecule has 0 aliphatic heterocycles. The van der Waals surface area contributed by atoms with Crippen molar-refractivity contribution in [1.82, 2.24) is 4.98 Å². The molecule has 21 heavy (non-hydrogen) atoms. The van der Waals surface area contributed by atoms with Crippen LogP contribution in [0.1, 0.15) is 10.6 Å². The molecule has 0 fully saturated rings. The average Bonchev–Trinajstić information content (AvgIpc) is 2.78. The van der Waals surface area contributed by atoms with Crippen molar-refractivity contribution >= 4 is 32.9 Å². The molecule has 3 rings (SSSR count). The van der Waals surface area contributed by atoms with Crippen LogP contribution in [-0.2, 0) is 6.54 Å². The van der Waals surface area contributed by atoms with Crippen molar-refractivity contribution in [2.45, 2.75) is 13.5 Å². The minimum Gasteiger partial charge on any atom is -0.397 e. The molecule has 3 N–H and O–H groups in total. The lowest BCUT2D eigenvalue weighted by molar-refractivity contribution is 0.587. The highest BCUT2D eigenvalue weighted by atomic mass is 32.1. The van der Waals surface area contributed by atoms with Gasteiger partial charge in [0.15, 0.2) is 0 Å². The summed E-state index contributed by atoms with van der Waals surface area (Å²) in [4.78, 5) is 4.39. The Labute approximate surface area is 124 Å². The first-order valence-electron chi connectivity index (χ1n) is 6.37. The van der Waals surface area contributed by atoms with Crippen LogP contribution in [-0.4, -0.2) is 4.98 Å². The number of hydrogen-bond donors (Lipinski definition) is 2. The van der Waals surface area contributed by atoms with Gasteiger partial charge < -0.3 is 11.1 Å². The molecule has 0 saturated carbocycles. The van der Waals surface area contributed by atoms with E-state index in [1.807, 2.05) is 19.1 Å². The number of thiazole rings is 1. The minimum atomic E-state index is -0.466. The summed E-state index contributed by atoms with van der Waals surface area (Å²) in [7, 11) is 0. The second-order valence-corrected chi connectivity index (χ2v) is 5.96. The van der Waals surface area contributed by atoms with E-state index < -0.39 is 11.6 Å². The van der Waals surface area contributed by atoms with Gasteiger partial charge in [0, 0.05) is 12.1 Å². The van der Waals surface area contributed by atoms with Crippen LogP contribution in [0.5, 0.6) is 0 Å². The summed E-state index contributed by atoms with van der Waals surface area (Å²) in [6, 6.07) is 7.04. The van der Waals surface area contributed by atoms with Gasteiger partial charge in [-0.2, -0.15) is 0 Å². The van der Waals surface area contributed by atoms with Gasteiger partial charge in [-0.1, -0.05) is 0 Å². The molecule has 3 aromatic rings. The standard InChI is InChI=1S/C15H13F2N3S/c1-8-20-14-6-13(12(18)5-15(14)21-8)19-7-9-4-10(16)2-3-11(9)17/h2-6,19H,7,18H2,1H3. The van der Waals surface area contributed by atoms with Gasteiger partial charge >= 0.3 is 0 Å². The number of rotatable bonds is 3. The molecule has 108 valence electrons. The second kappa shape index (κ2) is 5.29. The fourth-order valence-electron chi connectivity index (χ4n) is 2.13. The first-order chi connectivity index (χ1) is 10.0. The van der Waals surface area contributed by atoms with Gasteiger partial charge in [0.25, 0.3) is 0 Å². The molecule has 0 atom stereocenters. The number of nitrogen functional groups attached to an aromatic ring is 1. The summed E-state index contributed by atoms with van der Waals surface area (Å²) in [6.45, 7) is 2.08. The van der Waals surface area contributed by atoms with Gasteiger partial charge in [-0.15, -0.1) is 11.3 Å². The number of anilines is 2. The van der Waals surface area contributed by atoms with E-state index in [2.05, 4.69) is 10.3 Å². The van der Waals surface area contributed by atoms with Crippen molar-refractivity contribution in [2.24, 2.45) is 0 Å². The molecule has 0 radical (unpaired) electrons. The Morgan fingerprint density at radius 1 is 1.24 bits per heavy atom. The highest BCUT2D eigenvalue weighted by Crippen LogP contribution is 2.30. The molecule has 1 heterocycles. The third-order valence-corrected chi connectivity index (χ3v) is 4.08. The maximum atomic E-state index is 13.6. The molecule has 0 aliphatic carbocycles. The van der Waals surface area contributed by atoms with E-state index in [4.69, 9.17) is 5.73 Å². The average molecular weight is 305 g/mol. The number of hydrogen-bond acceptors (Lipinski definition) is 4. The van der Waals surface area contributed by atoms with Crippen LogP contribution < -0.4 is 11.1 Å². The lowest BCUT2D eigenvalue weighted by Crippen LogP contribution is -2.04. The second-order valence-electron chi connectivity index (χ2n) is 4.73. The molecule has 0 spiro atoms. The van der Waals surface area contributed by atoms with Crippen molar-refractivity contribution in [3.05, 3.63) is 52.5 Å². The van der Waals surface area contributed by atoms with Crippen molar-refractivity contribution in [3.63, 3.8) is 0 Å². The third-order valence-electron chi connectivity index (χ3n) is 3.14. The number of fused-ring (bicyclic) bond motifs is 1. The predicted molar refractivity (Wildman–Crippen MR) is 82.5 cm³/mol. The number of aryl methyl sites for hydroxylation is 1. The number of nitrogens with two attached hydrogens (primary N) is 1. The first kappa shape index (κ1) is 13.8. The monoisotopic (exact) mass is 305 g/mol. The maximum absolute atomic E-state index is 13.6. The highest BCUT2D eigenvalue weighted by molar-refractivity contribution is 7.18. The summed E-state index contributed by atoms with van der Waals surface area (Å²) in [5, 5.41) is 3.99. The molecular formula is C15H13F2N3S. The molecule has 1 aromatic heterocycles. The normalized spacial score (nSPS) is 11.0. The van der Waals surface area contributed by atoms with Gasteiger partial charge in [0.2, 0.25) is 0 Å². The first-order valence-corrected chi connectivity index (χ1v) is 7.19. The predicted octanol–water partition coefficient (Wildman–Crippen LogP) is 4.08. The molecule has 0 aliphatic rings. The lowest BCUT2D eigenvalue weighted by Gasteiger charge is -2.10. The molecular weight excluding hydrogens is 292 g/mol. The summed E-state index contributed by atoms with van der Waals surface area (Å²) >= 11 is 1.57. The zero-order chi connectivity index (χ0) is 15.0. The van der Waals surface area contributed by atoms with Crippen molar-refractivity contribution in [2.75, 3.05) is 11.1 Å². The highest BCUT2D eigenvalue weighted by Gasteiger charge is 2.08. The third kappa shape index (κ3) is 2.80. The van der Waals surface area contributed by atoms with Gasteiger partial charge in [-0.25, -0.2) is 13.8 Å². The van der Waals surface area contributed by atoms with Crippen LogP contribution in [0.25, 0.3) is 10.2 Å². The Hall–Kier alpha value is -2.21. The fourth-order valence-corrected chi connectivity index (χ4v) is 2.98. The zero-order valence-corrected chi connectivity index (χ0v) is 12.1. The van der Waals surface area contributed by atoms with Crippen LogP contribution >= 0.6 is 11.3 Å². The van der Waals surface area contributed by atoms with E-state index in [1.165, 1.54) is 6.07 Å². The molecule has 0 unspecified atom stereocenters. The van der Waals surface area contributed by atoms with Crippen molar-refractivity contribution in [1.29, 1.82) is 0 Å². The SMILES string of the molecule is Cc1nc2cc(NCc3cc(F)ccc3F)c(N)cc2s1. The summed E-state index contributed by atoms with van der Waals surface area (Å²) in [5.74, 6) is -0.917. The van der Waals surface area contributed by atoms with Gasteiger partial charge in [0.05, 0.1) is 26.6 Å². The van der Waals surface area contributed by atoms with Crippen LogP contribution in [0, 0.1) is 18.6 Å². The Balaban J connectivity index is 1.87. The smallest absolute Gasteiger partial charge is 0.128 e. The maximum Gasteiger partial charge on any atom is 0.128 e. The van der Waals surface area contributed by atoms with Crippen molar-refractivity contribution < 1.29 is 8.78 Å². The number of nitrogens with zero attached hydrogens (tertiary/aromatic N) is 1. The van der Waals surface area contributed by atoms with Gasteiger partial charge in [-0.05, 0) is 37.3 Å². The lowest BCUT2D eigenvalue weighted by atomic mass is 10.2. The molecule has 0 amide bonds. The molecule has 6 heteroatoms. The van der Waals surface area contributed by atoms with E-state index in [1.54, 1.807) is 11.3 Å². The summed E-state index contributed by atoms with van der Waals surface area (Å²) in [5.41, 5.74) is 8.29. The van der Waals surface area contributed by atoms with Crippen LogP contribution in [0.3, 0.4) is 0 Å². The zero-order valence-electron chi connectivity index (χ0n) is 11.3. The van der Waals surface area contributed by atoms with E-state index in [0.29, 0.717) is 11.4 Å².